The summed E-state index contributed by atoms with van der Waals surface area (Å²) in [5, 5.41) is 8.67. The van der Waals surface area contributed by atoms with Crippen LogP contribution in [0.3, 0.4) is 0 Å². The highest BCUT2D eigenvalue weighted by atomic mass is 32.1. The van der Waals surface area contributed by atoms with E-state index in [0.717, 1.165) is 12.4 Å². The maximum atomic E-state index is 3.76. The minimum atomic E-state index is 0.873. The Kier molecular flexibility index (Phi) is 1.80. The molecule has 0 aliphatic carbocycles. The topological polar surface area (TPSA) is 37.8 Å². The largest absolute Gasteiger partial charge is 0.368 e. The highest BCUT2D eigenvalue weighted by Crippen LogP contribution is 2.00. The quantitative estimate of drug-likeness (QED) is 0.646. The van der Waals surface area contributed by atoms with Gasteiger partial charge in [0.15, 0.2) is 5.82 Å². The van der Waals surface area contributed by atoms with E-state index < -0.39 is 0 Å². The van der Waals surface area contributed by atoms with Gasteiger partial charge in [-0.05, 0) is 18.5 Å². The second kappa shape index (κ2) is 2.61. The molecular weight excluding hydrogens is 122 g/mol. The second-order valence-electron chi connectivity index (χ2n) is 1.32. The molecule has 0 saturated carbocycles. The molecule has 0 aromatic carbocycles. The molecular formula is C4H7N3S. The Labute approximate surface area is 51.9 Å². The molecule has 3 nitrogen and oxygen atoms in total. The van der Waals surface area contributed by atoms with Crippen LogP contribution < -0.4 is 5.32 Å². The lowest BCUT2D eigenvalue weighted by molar-refractivity contribution is 1.10. The summed E-state index contributed by atoms with van der Waals surface area (Å²) in [4.78, 5) is 0. The molecule has 4 heteroatoms. The standard InChI is InChI=1S/C4H7N3S/c1-2-5-4-3-8-7-6-4/h3,5H,2H2,1H3. The van der Waals surface area contributed by atoms with Crippen molar-refractivity contribution < 1.29 is 0 Å². The first-order valence-corrected chi connectivity index (χ1v) is 3.28. The lowest BCUT2D eigenvalue weighted by atomic mass is 10.7. The molecule has 1 aromatic heterocycles. The van der Waals surface area contributed by atoms with Crippen molar-refractivity contribution in [3.63, 3.8) is 0 Å². The summed E-state index contributed by atoms with van der Waals surface area (Å²) in [7, 11) is 0. The van der Waals surface area contributed by atoms with Gasteiger partial charge in [0.1, 0.15) is 0 Å². The van der Waals surface area contributed by atoms with Gasteiger partial charge >= 0.3 is 0 Å². The van der Waals surface area contributed by atoms with E-state index in [2.05, 4.69) is 14.9 Å². The van der Waals surface area contributed by atoms with Crippen LogP contribution in [-0.4, -0.2) is 16.1 Å². The predicted octanol–water partition coefficient (Wildman–Crippen LogP) is 0.970. The molecule has 0 aliphatic rings. The Morgan fingerprint density at radius 2 is 2.75 bits per heavy atom. The minimum absolute atomic E-state index is 0.873. The van der Waals surface area contributed by atoms with Gasteiger partial charge in [0.05, 0.1) is 5.38 Å². The van der Waals surface area contributed by atoms with Crippen molar-refractivity contribution in [2.75, 3.05) is 11.9 Å². The summed E-state index contributed by atoms with van der Waals surface area (Å²) in [6.07, 6.45) is 0. The molecule has 1 N–H and O–H groups in total. The first-order chi connectivity index (χ1) is 3.93. The highest BCUT2D eigenvalue weighted by molar-refractivity contribution is 7.03. The Bertz CT molecular complexity index is 137. The zero-order valence-electron chi connectivity index (χ0n) is 4.59. The van der Waals surface area contributed by atoms with E-state index in [4.69, 9.17) is 0 Å². The van der Waals surface area contributed by atoms with Crippen LogP contribution in [0.2, 0.25) is 0 Å². The maximum Gasteiger partial charge on any atom is 0.161 e. The molecule has 1 heterocycles. The molecule has 0 atom stereocenters. The highest BCUT2D eigenvalue weighted by Gasteiger charge is 1.87. The van der Waals surface area contributed by atoms with E-state index in [1.165, 1.54) is 11.5 Å². The van der Waals surface area contributed by atoms with Crippen molar-refractivity contribution in [3.05, 3.63) is 5.38 Å². The van der Waals surface area contributed by atoms with Crippen LogP contribution in [0.5, 0.6) is 0 Å². The number of aromatic nitrogens is 2. The van der Waals surface area contributed by atoms with E-state index in [-0.39, 0.29) is 0 Å². The summed E-state index contributed by atoms with van der Waals surface area (Å²) in [6.45, 7) is 2.94. The fraction of sp³-hybridized carbons (Fsp3) is 0.500. The SMILES string of the molecule is CCNc1csnn1. The second-order valence-corrected chi connectivity index (χ2v) is 1.93. The first kappa shape index (κ1) is 5.50. The van der Waals surface area contributed by atoms with Gasteiger partial charge in [-0.3, -0.25) is 0 Å². The molecule has 44 valence electrons. The molecule has 0 fully saturated rings. The van der Waals surface area contributed by atoms with Crippen molar-refractivity contribution in [1.82, 2.24) is 9.59 Å². The zero-order chi connectivity index (χ0) is 5.82. The van der Waals surface area contributed by atoms with Gasteiger partial charge in [-0.2, -0.15) is 0 Å². The average molecular weight is 129 g/mol. The Morgan fingerprint density at radius 3 is 3.25 bits per heavy atom. The number of rotatable bonds is 2. The summed E-state index contributed by atoms with van der Waals surface area (Å²) in [6, 6.07) is 0. The van der Waals surface area contributed by atoms with Crippen LogP contribution in [0.1, 0.15) is 6.92 Å². The number of nitrogens with zero attached hydrogens (tertiary/aromatic N) is 2. The molecule has 0 radical (unpaired) electrons. The van der Waals surface area contributed by atoms with Gasteiger partial charge in [-0.1, -0.05) is 4.49 Å². The zero-order valence-corrected chi connectivity index (χ0v) is 5.40. The molecule has 8 heavy (non-hydrogen) atoms. The lowest BCUT2D eigenvalue weighted by Crippen LogP contribution is -1.95. The number of nitrogens with one attached hydrogen (secondary N) is 1. The summed E-state index contributed by atoms with van der Waals surface area (Å²) in [5.41, 5.74) is 0. The third-order valence-corrected chi connectivity index (χ3v) is 1.22. The molecule has 0 amide bonds. The van der Waals surface area contributed by atoms with Crippen LogP contribution >= 0.6 is 11.5 Å². The molecule has 0 saturated heterocycles. The van der Waals surface area contributed by atoms with Crippen molar-refractivity contribution in [3.8, 4) is 0 Å². The van der Waals surface area contributed by atoms with Crippen LogP contribution in [-0.2, 0) is 0 Å². The Balaban J connectivity index is 2.50. The average Bonchev–Trinajstić information content (AvgIpc) is 2.19. The molecule has 0 aliphatic heterocycles. The molecule has 0 unspecified atom stereocenters. The molecule has 1 rings (SSSR count). The predicted molar refractivity (Wildman–Crippen MR) is 34.1 cm³/mol. The van der Waals surface area contributed by atoms with Crippen molar-refractivity contribution in [2.45, 2.75) is 6.92 Å². The summed E-state index contributed by atoms with van der Waals surface area (Å²) < 4.78 is 3.67. The number of anilines is 1. The third kappa shape index (κ3) is 1.16. The van der Waals surface area contributed by atoms with Crippen LogP contribution in [0, 0.1) is 0 Å². The Morgan fingerprint density at radius 1 is 1.88 bits per heavy atom. The lowest BCUT2D eigenvalue weighted by Gasteiger charge is -1.90. The summed E-state index contributed by atoms with van der Waals surface area (Å²) >= 11 is 1.36. The van der Waals surface area contributed by atoms with Gasteiger partial charge in [-0.15, -0.1) is 5.10 Å². The van der Waals surface area contributed by atoms with Crippen molar-refractivity contribution in [1.29, 1.82) is 0 Å². The van der Waals surface area contributed by atoms with Crippen LogP contribution in [0.25, 0.3) is 0 Å². The normalized spacial score (nSPS) is 9.12. The minimum Gasteiger partial charge on any atom is -0.368 e. The first-order valence-electron chi connectivity index (χ1n) is 2.44. The van der Waals surface area contributed by atoms with Crippen molar-refractivity contribution in [2.24, 2.45) is 0 Å². The molecule has 0 bridgehead atoms. The third-order valence-electron chi connectivity index (χ3n) is 0.718. The van der Waals surface area contributed by atoms with Gasteiger partial charge < -0.3 is 5.32 Å². The molecule has 1 aromatic rings. The van der Waals surface area contributed by atoms with Crippen molar-refractivity contribution >= 4 is 17.4 Å². The van der Waals surface area contributed by atoms with E-state index in [0.29, 0.717) is 0 Å². The van der Waals surface area contributed by atoms with E-state index in [9.17, 15) is 0 Å². The van der Waals surface area contributed by atoms with Gasteiger partial charge in [0.25, 0.3) is 0 Å². The van der Waals surface area contributed by atoms with Crippen LogP contribution in [0.15, 0.2) is 5.38 Å². The Hall–Kier alpha value is -0.640. The molecule has 0 spiro atoms. The van der Waals surface area contributed by atoms with Gasteiger partial charge in [0.2, 0.25) is 0 Å². The summed E-state index contributed by atoms with van der Waals surface area (Å²) in [5.74, 6) is 0.873. The van der Waals surface area contributed by atoms with E-state index in [1.807, 2.05) is 12.3 Å². The maximum absolute atomic E-state index is 3.76. The smallest absolute Gasteiger partial charge is 0.161 e. The van der Waals surface area contributed by atoms with Crippen LogP contribution in [0.4, 0.5) is 5.82 Å². The fourth-order valence-corrected chi connectivity index (χ4v) is 0.835. The monoisotopic (exact) mass is 129 g/mol. The fourth-order valence-electron chi connectivity index (χ4n) is 0.423. The number of hydrogen-bond acceptors (Lipinski definition) is 4. The van der Waals surface area contributed by atoms with E-state index >= 15 is 0 Å². The number of hydrogen-bond donors (Lipinski definition) is 1. The van der Waals surface area contributed by atoms with Gasteiger partial charge in [-0.25, -0.2) is 0 Å². The van der Waals surface area contributed by atoms with E-state index in [1.54, 1.807) is 0 Å². The van der Waals surface area contributed by atoms with Gasteiger partial charge in [0, 0.05) is 6.54 Å².